The fraction of sp³-hybridized carbons (Fsp3) is 0.296. The summed E-state index contributed by atoms with van der Waals surface area (Å²) in [6.07, 6.45) is 0. The molecule has 1 saturated heterocycles. The molecule has 3 aromatic carbocycles. The van der Waals surface area contributed by atoms with E-state index in [1.165, 1.54) is 16.3 Å². The molecule has 1 aliphatic heterocycles. The molecule has 37 heavy (non-hydrogen) atoms. The van der Waals surface area contributed by atoms with Gasteiger partial charge in [0.25, 0.3) is 5.91 Å². The number of benzene rings is 3. The molecule has 10 heteroatoms. The number of hydrogen-bond donors (Lipinski definition) is 2. The molecule has 10 nitrogen and oxygen atoms in total. The molecule has 3 aromatic rings. The Morgan fingerprint density at radius 1 is 0.757 bits per heavy atom. The van der Waals surface area contributed by atoms with E-state index >= 15 is 0 Å². The van der Waals surface area contributed by atoms with Crippen LogP contribution < -0.4 is 14.2 Å². The second-order valence-corrected chi connectivity index (χ2v) is 8.27. The molecule has 1 fully saturated rings. The number of hydrogen-bond acceptors (Lipinski definition) is 7. The van der Waals surface area contributed by atoms with Crippen LogP contribution in [0.1, 0.15) is 15.9 Å². The first-order valence-corrected chi connectivity index (χ1v) is 11.5. The molecule has 196 valence electrons. The standard InChI is InChI=1S/C25H28N2O4.C2H2O4/c1-29-22-15-21(16-23(30-2)24(22)31-3)25(28)27-12-10-26(11-13-27)17-18-8-9-19-6-4-5-7-20(19)14-18;3-1(4)2(5)6/h4-9,14-16H,10-13,17H2,1-3H3;(H,3,4)(H,5,6). The lowest BCUT2D eigenvalue weighted by molar-refractivity contribution is -0.159. The van der Waals surface area contributed by atoms with Crippen LogP contribution in [-0.4, -0.2) is 85.4 Å². The number of carboxylic acids is 2. The topological polar surface area (TPSA) is 126 Å². The zero-order valence-corrected chi connectivity index (χ0v) is 21.0. The molecule has 1 aliphatic rings. The highest BCUT2D eigenvalue weighted by atomic mass is 16.5. The summed E-state index contributed by atoms with van der Waals surface area (Å²) in [4.78, 5) is 35.6. The molecule has 0 saturated carbocycles. The maximum absolute atomic E-state index is 13.1. The third-order valence-electron chi connectivity index (χ3n) is 5.97. The van der Waals surface area contributed by atoms with E-state index in [0.717, 1.165) is 19.6 Å². The fourth-order valence-electron chi connectivity index (χ4n) is 4.09. The van der Waals surface area contributed by atoms with Gasteiger partial charge in [0.15, 0.2) is 11.5 Å². The first kappa shape index (κ1) is 27.3. The third-order valence-corrected chi connectivity index (χ3v) is 5.97. The van der Waals surface area contributed by atoms with Gasteiger partial charge in [0, 0.05) is 38.3 Å². The second kappa shape index (κ2) is 12.6. The maximum atomic E-state index is 13.1. The van der Waals surface area contributed by atoms with Crippen LogP contribution in [0.25, 0.3) is 10.8 Å². The van der Waals surface area contributed by atoms with Gasteiger partial charge in [0.2, 0.25) is 5.75 Å². The Hall–Kier alpha value is -4.31. The minimum atomic E-state index is -1.82. The average Bonchev–Trinajstić information content (AvgIpc) is 2.92. The third kappa shape index (κ3) is 6.89. The van der Waals surface area contributed by atoms with Crippen molar-refractivity contribution in [2.75, 3.05) is 47.5 Å². The summed E-state index contributed by atoms with van der Waals surface area (Å²) in [6.45, 7) is 3.93. The normalized spacial score (nSPS) is 13.3. The average molecular weight is 511 g/mol. The summed E-state index contributed by atoms with van der Waals surface area (Å²) in [6, 6.07) is 18.5. The van der Waals surface area contributed by atoms with E-state index in [0.29, 0.717) is 35.9 Å². The van der Waals surface area contributed by atoms with Crippen molar-refractivity contribution in [3.05, 3.63) is 65.7 Å². The Morgan fingerprint density at radius 3 is 1.84 bits per heavy atom. The van der Waals surface area contributed by atoms with E-state index in [4.69, 9.17) is 34.0 Å². The number of nitrogens with zero attached hydrogens (tertiary/aromatic N) is 2. The van der Waals surface area contributed by atoms with Crippen LogP contribution in [0, 0.1) is 0 Å². The number of ether oxygens (including phenoxy) is 3. The number of carbonyl (C=O) groups excluding carboxylic acids is 1. The van der Waals surface area contributed by atoms with Gasteiger partial charge in [-0.15, -0.1) is 0 Å². The molecule has 0 bridgehead atoms. The highest BCUT2D eigenvalue weighted by molar-refractivity contribution is 6.27. The minimum Gasteiger partial charge on any atom is -0.493 e. The van der Waals surface area contributed by atoms with E-state index < -0.39 is 11.9 Å². The van der Waals surface area contributed by atoms with Gasteiger partial charge in [0.1, 0.15) is 0 Å². The Kier molecular flexibility index (Phi) is 9.28. The Labute approximate surface area is 214 Å². The van der Waals surface area contributed by atoms with Crippen LogP contribution in [0.5, 0.6) is 17.2 Å². The SMILES string of the molecule is COc1cc(C(=O)N2CCN(Cc3ccc4ccccc4c3)CC2)cc(OC)c1OC.O=C(O)C(=O)O. The maximum Gasteiger partial charge on any atom is 0.414 e. The van der Waals surface area contributed by atoms with Gasteiger partial charge in [-0.1, -0.05) is 36.4 Å². The van der Waals surface area contributed by atoms with E-state index in [9.17, 15) is 4.79 Å². The smallest absolute Gasteiger partial charge is 0.414 e. The van der Waals surface area contributed by atoms with Crippen LogP contribution in [0.3, 0.4) is 0 Å². The van der Waals surface area contributed by atoms with Crippen LogP contribution in [0.4, 0.5) is 0 Å². The lowest BCUT2D eigenvalue weighted by atomic mass is 10.1. The molecule has 1 amide bonds. The molecule has 0 aliphatic carbocycles. The molecule has 0 aromatic heterocycles. The van der Waals surface area contributed by atoms with Gasteiger partial charge in [-0.3, -0.25) is 9.69 Å². The summed E-state index contributed by atoms with van der Waals surface area (Å²) >= 11 is 0. The summed E-state index contributed by atoms with van der Waals surface area (Å²) in [5, 5.41) is 17.3. The van der Waals surface area contributed by atoms with E-state index in [1.54, 1.807) is 33.5 Å². The van der Waals surface area contributed by atoms with Gasteiger partial charge in [-0.2, -0.15) is 0 Å². The second-order valence-electron chi connectivity index (χ2n) is 8.27. The molecule has 0 spiro atoms. The number of methoxy groups -OCH3 is 3. The summed E-state index contributed by atoms with van der Waals surface area (Å²) in [7, 11) is 4.66. The molecule has 0 unspecified atom stereocenters. The highest BCUT2D eigenvalue weighted by Crippen LogP contribution is 2.38. The number of fused-ring (bicyclic) bond motifs is 1. The van der Waals surface area contributed by atoms with Crippen molar-refractivity contribution in [1.29, 1.82) is 0 Å². The van der Waals surface area contributed by atoms with Crippen molar-refractivity contribution in [3.8, 4) is 17.2 Å². The zero-order valence-electron chi connectivity index (χ0n) is 21.0. The number of carboxylic acid groups (broad SMARTS) is 2. The zero-order chi connectivity index (χ0) is 26.9. The predicted molar refractivity (Wildman–Crippen MR) is 136 cm³/mol. The first-order valence-electron chi connectivity index (χ1n) is 11.5. The summed E-state index contributed by atoms with van der Waals surface area (Å²) in [5.74, 6) is -2.21. The van der Waals surface area contributed by atoms with Gasteiger partial charge in [0.05, 0.1) is 21.3 Å². The lowest BCUT2D eigenvalue weighted by Gasteiger charge is -2.35. The quantitative estimate of drug-likeness (QED) is 0.481. The first-order chi connectivity index (χ1) is 17.8. The highest BCUT2D eigenvalue weighted by Gasteiger charge is 2.25. The van der Waals surface area contributed by atoms with Gasteiger partial charge in [-0.25, -0.2) is 9.59 Å². The molecule has 1 heterocycles. The van der Waals surface area contributed by atoms with E-state index in [1.807, 2.05) is 4.90 Å². The largest absolute Gasteiger partial charge is 0.493 e. The number of piperazine rings is 1. The van der Waals surface area contributed by atoms with Crippen LogP contribution in [-0.2, 0) is 16.1 Å². The van der Waals surface area contributed by atoms with Crippen molar-refractivity contribution in [2.24, 2.45) is 0 Å². The van der Waals surface area contributed by atoms with Crippen molar-refractivity contribution >= 4 is 28.6 Å². The van der Waals surface area contributed by atoms with Crippen molar-refractivity contribution in [1.82, 2.24) is 9.80 Å². The molecule has 0 atom stereocenters. The van der Waals surface area contributed by atoms with Gasteiger partial charge >= 0.3 is 11.9 Å². The number of aliphatic carboxylic acids is 2. The summed E-state index contributed by atoms with van der Waals surface area (Å²) in [5.41, 5.74) is 1.83. The van der Waals surface area contributed by atoms with Crippen LogP contribution in [0.2, 0.25) is 0 Å². The molecule has 2 N–H and O–H groups in total. The predicted octanol–water partition coefficient (Wildman–Crippen LogP) is 2.98. The van der Waals surface area contributed by atoms with E-state index in [2.05, 4.69) is 47.4 Å². The van der Waals surface area contributed by atoms with Gasteiger partial charge in [-0.05, 0) is 34.5 Å². The van der Waals surface area contributed by atoms with Crippen molar-refractivity contribution < 1.29 is 38.8 Å². The lowest BCUT2D eigenvalue weighted by Crippen LogP contribution is -2.48. The molecular formula is C27H30N2O8. The molecule has 0 radical (unpaired) electrons. The number of amides is 1. The van der Waals surface area contributed by atoms with Crippen LogP contribution >= 0.6 is 0 Å². The monoisotopic (exact) mass is 510 g/mol. The minimum absolute atomic E-state index is 0.0235. The van der Waals surface area contributed by atoms with Gasteiger partial charge < -0.3 is 29.3 Å². The van der Waals surface area contributed by atoms with Crippen molar-refractivity contribution in [2.45, 2.75) is 6.54 Å². The van der Waals surface area contributed by atoms with Crippen molar-refractivity contribution in [3.63, 3.8) is 0 Å². The number of rotatable bonds is 6. The summed E-state index contributed by atoms with van der Waals surface area (Å²) < 4.78 is 16.1. The Morgan fingerprint density at radius 2 is 1.32 bits per heavy atom. The molecular weight excluding hydrogens is 480 g/mol. The van der Waals surface area contributed by atoms with Crippen LogP contribution in [0.15, 0.2) is 54.6 Å². The number of carbonyl (C=O) groups is 3. The fourth-order valence-corrected chi connectivity index (χ4v) is 4.09. The Bertz CT molecular complexity index is 1230. The van der Waals surface area contributed by atoms with E-state index in [-0.39, 0.29) is 5.91 Å². The molecule has 4 rings (SSSR count). The Balaban J connectivity index is 0.000000568.